The maximum Gasteiger partial charge on any atom is 0.137 e. The lowest BCUT2D eigenvalue weighted by Crippen LogP contribution is -2.31. The molecular formula is C18H26BrFO. The minimum atomic E-state index is -0.698. The highest BCUT2D eigenvalue weighted by Crippen LogP contribution is 2.41. The lowest BCUT2D eigenvalue weighted by atomic mass is 9.76. The van der Waals surface area contributed by atoms with Gasteiger partial charge in [0.15, 0.2) is 0 Å². The lowest BCUT2D eigenvalue weighted by molar-refractivity contribution is 0.0223. The second-order valence-corrected chi connectivity index (χ2v) is 8.40. The van der Waals surface area contributed by atoms with Crippen LogP contribution < -0.4 is 0 Å². The minimum absolute atomic E-state index is 0.253. The van der Waals surface area contributed by atoms with Gasteiger partial charge >= 0.3 is 0 Å². The predicted octanol–water partition coefficient (Wildman–Crippen LogP) is 5.49. The minimum Gasteiger partial charge on any atom is -0.390 e. The van der Waals surface area contributed by atoms with Crippen LogP contribution in [0.4, 0.5) is 4.39 Å². The van der Waals surface area contributed by atoms with Gasteiger partial charge < -0.3 is 5.11 Å². The Bertz CT molecular complexity index is 494. The fourth-order valence-corrected chi connectivity index (χ4v) is 3.88. The molecule has 1 nitrogen and oxygen atoms in total. The highest BCUT2D eigenvalue weighted by atomic mass is 79.9. The molecule has 1 aliphatic carbocycles. The van der Waals surface area contributed by atoms with E-state index in [1.54, 1.807) is 6.07 Å². The highest BCUT2D eigenvalue weighted by molar-refractivity contribution is 9.10. The van der Waals surface area contributed by atoms with Gasteiger partial charge in [-0.2, -0.15) is 0 Å². The molecule has 21 heavy (non-hydrogen) atoms. The van der Waals surface area contributed by atoms with Gasteiger partial charge in [-0.15, -0.1) is 0 Å². The Morgan fingerprint density at radius 2 is 2.00 bits per heavy atom. The quantitative estimate of drug-likeness (QED) is 0.694. The van der Waals surface area contributed by atoms with E-state index in [0.717, 1.165) is 31.2 Å². The first kappa shape index (κ1) is 17.0. The molecule has 0 aliphatic heterocycles. The third-order valence-electron chi connectivity index (χ3n) is 4.93. The van der Waals surface area contributed by atoms with Gasteiger partial charge in [-0.05, 0) is 64.6 Å². The van der Waals surface area contributed by atoms with Crippen molar-refractivity contribution >= 4 is 15.9 Å². The molecule has 3 heteroatoms. The van der Waals surface area contributed by atoms with Crippen LogP contribution in [0.3, 0.4) is 0 Å². The monoisotopic (exact) mass is 356 g/mol. The van der Waals surface area contributed by atoms with Gasteiger partial charge in [0, 0.05) is 6.42 Å². The summed E-state index contributed by atoms with van der Waals surface area (Å²) in [5.41, 5.74) is 0.466. The van der Waals surface area contributed by atoms with Gasteiger partial charge in [0.05, 0.1) is 10.1 Å². The van der Waals surface area contributed by atoms with E-state index in [9.17, 15) is 9.50 Å². The summed E-state index contributed by atoms with van der Waals surface area (Å²) in [6, 6.07) is 5.06. The molecular weight excluding hydrogens is 331 g/mol. The molecule has 0 bridgehead atoms. The van der Waals surface area contributed by atoms with Gasteiger partial charge in [-0.3, -0.25) is 0 Å². The van der Waals surface area contributed by atoms with Gasteiger partial charge in [0.25, 0.3) is 0 Å². The second-order valence-electron chi connectivity index (χ2n) is 7.61. The fourth-order valence-electron chi connectivity index (χ4n) is 3.47. The van der Waals surface area contributed by atoms with Crippen molar-refractivity contribution in [2.75, 3.05) is 0 Å². The Morgan fingerprint density at radius 1 is 1.29 bits per heavy atom. The van der Waals surface area contributed by atoms with Crippen molar-refractivity contribution in [1.82, 2.24) is 0 Å². The molecule has 0 spiro atoms. The molecule has 118 valence electrons. The van der Waals surface area contributed by atoms with Crippen molar-refractivity contribution < 1.29 is 9.50 Å². The zero-order chi connectivity index (χ0) is 15.7. The van der Waals surface area contributed by atoms with Crippen molar-refractivity contribution in [3.63, 3.8) is 0 Å². The maximum absolute atomic E-state index is 13.6. The Morgan fingerprint density at radius 3 is 2.67 bits per heavy atom. The van der Waals surface area contributed by atoms with Crippen molar-refractivity contribution in [2.45, 2.75) is 64.9 Å². The zero-order valence-corrected chi connectivity index (χ0v) is 14.8. The van der Waals surface area contributed by atoms with Gasteiger partial charge in [-0.25, -0.2) is 4.39 Å². The van der Waals surface area contributed by atoms with Crippen LogP contribution in [0.25, 0.3) is 0 Å². The smallest absolute Gasteiger partial charge is 0.137 e. The summed E-state index contributed by atoms with van der Waals surface area (Å²) in [5.74, 6) is 0.403. The molecule has 1 aliphatic rings. The van der Waals surface area contributed by atoms with E-state index in [1.165, 1.54) is 12.5 Å². The molecule has 1 fully saturated rings. The first-order valence-electron chi connectivity index (χ1n) is 7.86. The summed E-state index contributed by atoms with van der Waals surface area (Å²) >= 11 is 3.31. The van der Waals surface area contributed by atoms with Crippen LogP contribution in [0.5, 0.6) is 0 Å². The summed E-state index contributed by atoms with van der Waals surface area (Å²) in [5, 5.41) is 11.0. The molecule has 0 aromatic heterocycles. The second kappa shape index (κ2) is 6.37. The van der Waals surface area contributed by atoms with Crippen LogP contribution >= 0.6 is 15.9 Å². The Labute approximate surface area is 136 Å². The molecule has 2 atom stereocenters. The Balaban J connectivity index is 2.11. The van der Waals surface area contributed by atoms with Gasteiger partial charge in [-0.1, -0.05) is 39.3 Å². The third kappa shape index (κ3) is 4.29. The standard InChI is InChI=1S/C18H26BrFO/c1-17(2,3)14-7-5-10-18(21,11-9-14)12-13-6-4-8-15(20)16(13)19/h4,6,8,14,21H,5,7,9-12H2,1-3H3. The normalized spacial score (nSPS) is 27.4. The number of benzene rings is 1. The zero-order valence-electron chi connectivity index (χ0n) is 13.3. The molecule has 0 amide bonds. The Hall–Kier alpha value is -0.410. The van der Waals surface area contributed by atoms with E-state index in [-0.39, 0.29) is 5.82 Å². The van der Waals surface area contributed by atoms with E-state index in [0.29, 0.717) is 22.2 Å². The maximum atomic E-state index is 13.6. The van der Waals surface area contributed by atoms with E-state index in [1.807, 2.05) is 6.07 Å². The lowest BCUT2D eigenvalue weighted by Gasteiger charge is -2.31. The molecule has 1 saturated carbocycles. The molecule has 2 rings (SSSR count). The topological polar surface area (TPSA) is 20.2 Å². The van der Waals surface area contributed by atoms with E-state index in [2.05, 4.69) is 36.7 Å². The SMILES string of the molecule is CC(C)(C)C1CCCC(O)(Cc2cccc(F)c2Br)CC1. The van der Waals surface area contributed by atoms with E-state index < -0.39 is 5.60 Å². The van der Waals surface area contributed by atoms with Crippen LogP contribution in [0.2, 0.25) is 0 Å². The largest absolute Gasteiger partial charge is 0.390 e. The first-order chi connectivity index (χ1) is 9.71. The summed E-state index contributed by atoms with van der Waals surface area (Å²) in [6.45, 7) is 6.85. The van der Waals surface area contributed by atoms with E-state index in [4.69, 9.17) is 0 Å². The molecule has 0 radical (unpaired) electrons. The number of aliphatic hydroxyl groups is 1. The molecule has 1 N–H and O–H groups in total. The van der Waals surface area contributed by atoms with Gasteiger partial charge in [0.1, 0.15) is 5.82 Å². The molecule has 1 aromatic rings. The number of halogens is 2. The summed E-state index contributed by atoms with van der Waals surface area (Å²) in [7, 11) is 0. The van der Waals surface area contributed by atoms with Crippen LogP contribution in [-0.2, 0) is 6.42 Å². The highest BCUT2D eigenvalue weighted by Gasteiger charge is 2.35. The number of hydrogen-bond donors (Lipinski definition) is 1. The van der Waals surface area contributed by atoms with Gasteiger partial charge in [0.2, 0.25) is 0 Å². The summed E-state index contributed by atoms with van der Waals surface area (Å²) < 4.78 is 14.1. The molecule has 1 aromatic carbocycles. The molecule has 0 saturated heterocycles. The van der Waals surface area contributed by atoms with Crippen molar-refractivity contribution in [3.8, 4) is 0 Å². The van der Waals surface area contributed by atoms with E-state index >= 15 is 0 Å². The van der Waals surface area contributed by atoms with Crippen LogP contribution in [-0.4, -0.2) is 10.7 Å². The molecule has 0 heterocycles. The van der Waals surface area contributed by atoms with Crippen molar-refractivity contribution in [1.29, 1.82) is 0 Å². The van der Waals surface area contributed by atoms with Crippen LogP contribution in [0.15, 0.2) is 22.7 Å². The number of rotatable bonds is 2. The average Bonchev–Trinajstić information content (AvgIpc) is 2.57. The average molecular weight is 357 g/mol. The predicted molar refractivity (Wildman–Crippen MR) is 88.8 cm³/mol. The summed E-state index contributed by atoms with van der Waals surface area (Å²) in [4.78, 5) is 0. The fraction of sp³-hybridized carbons (Fsp3) is 0.667. The number of hydrogen-bond acceptors (Lipinski definition) is 1. The molecule has 2 unspecified atom stereocenters. The summed E-state index contributed by atoms with van der Waals surface area (Å²) in [6.07, 6.45) is 5.41. The first-order valence-corrected chi connectivity index (χ1v) is 8.66. The van der Waals surface area contributed by atoms with Crippen molar-refractivity contribution in [3.05, 3.63) is 34.1 Å². The Kier molecular flexibility index (Phi) is 5.15. The van der Waals surface area contributed by atoms with Crippen LogP contribution in [0.1, 0.15) is 58.4 Å². The van der Waals surface area contributed by atoms with Crippen molar-refractivity contribution in [2.24, 2.45) is 11.3 Å². The van der Waals surface area contributed by atoms with Crippen LogP contribution in [0, 0.1) is 17.2 Å². The third-order valence-corrected chi connectivity index (χ3v) is 5.82.